The van der Waals surface area contributed by atoms with Crippen LogP contribution in [0.2, 0.25) is 0 Å². The van der Waals surface area contributed by atoms with E-state index in [9.17, 15) is 4.79 Å². The number of hydrogen-bond donors (Lipinski definition) is 1. The van der Waals surface area contributed by atoms with Gasteiger partial charge in [-0.05, 0) is 81.2 Å². The zero-order valence-corrected chi connectivity index (χ0v) is 20.6. The molecule has 0 radical (unpaired) electrons. The van der Waals surface area contributed by atoms with Crippen molar-refractivity contribution in [1.82, 2.24) is 4.90 Å². The summed E-state index contributed by atoms with van der Waals surface area (Å²) in [6, 6.07) is 26.2. The summed E-state index contributed by atoms with van der Waals surface area (Å²) in [4.78, 5) is 18.5. The molecule has 0 amide bonds. The molecule has 0 aromatic heterocycles. The number of aliphatic hydroxyl groups is 1. The van der Waals surface area contributed by atoms with Crippen LogP contribution in [0.3, 0.4) is 0 Å². The summed E-state index contributed by atoms with van der Waals surface area (Å²) in [6.07, 6.45) is 4.26. The molecule has 1 fully saturated rings. The van der Waals surface area contributed by atoms with Crippen LogP contribution in [-0.2, 0) is 6.42 Å². The minimum atomic E-state index is -0.555. The van der Waals surface area contributed by atoms with Gasteiger partial charge in [0, 0.05) is 15.4 Å². The summed E-state index contributed by atoms with van der Waals surface area (Å²) >= 11 is 1.65. The van der Waals surface area contributed by atoms with Gasteiger partial charge < -0.3 is 9.84 Å². The van der Waals surface area contributed by atoms with Crippen LogP contribution in [-0.4, -0.2) is 47.6 Å². The van der Waals surface area contributed by atoms with Crippen molar-refractivity contribution in [3.8, 4) is 5.75 Å². The molecule has 0 saturated carbocycles. The number of likely N-dealkylation sites (tertiary alicyclic amines) is 1. The monoisotopic (exact) mass is 475 g/mol. The van der Waals surface area contributed by atoms with Crippen molar-refractivity contribution in [3.05, 3.63) is 90.0 Å². The Morgan fingerprint density at radius 2 is 1.53 bits per heavy atom. The molecule has 4 nitrogen and oxygen atoms in total. The van der Waals surface area contributed by atoms with Gasteiger partial charge in [0.05, 0.1) is 12.1 Å². The van der Waals surface area contributed by atoms with Crippen molar-refractivity contribution in [3.63, 3.8) is 0 Å². The second kappa shape index (κ2) is 11.7. The third-order valence-electron chi connectivity index (χ3n) is 6.47. The Kier molecular flexibility index (Phi) is 8.44. The van der Waals surface area contributed by atoms with Gasteiger partial charge in [0.1, 0.15) is 12.4 Å². The summed E-state index contributed by atoms with van der Waals surface area (Å²) in [5.41, 5.74) is 1.41. The number of carbonyl (C=O) groups is 1. The molecule has 1 saturated heterocycles. The molecule has 0 bridgehead atoms. The van der Waals surface area contributed by atoms with E-state index in [1.807, 2.05) is 66.7 Å². The summed E-state index contributed by atoms with van der Waals surface area (Å²) in [7, 11) is 0. The summed E-state index contributed by atoms with van der Waals surface area (Å²) in [5.74, 6) is 0.940. The summed E-state index contributed by atoms with van der Waals surface area (Å²) in [5, 5.41) is 8.88. The number of Topliss-reactive ketones (excluding diaryl/α,β-unsaturated/α-hetero) is 1. The van der Waals surface area contributed by atoms with E-state index in [1.165, 1.54) is 12.0 Å². The number of benzene rings is 3. The first kappa shape index (κ1) is 24.5. The smallest absolute Gasteiger partial charge is 0.183 e. The first-order valence-corrected chi connectivity index (χ1v) is 12.9. The fourth-order valence-corrected chi connectivity index (χ4v) is 5.42. The molecule has 1 heterocycles. The molecule has 1 aliphatic rings. The Balaban J connectivity index is 1.49. The Morgan fingerprint density at radius 1 is 0.912 bits per heavy atom. The lowest BCUT2D eigenvalue weighted by Gasteiger charge is -2.42. The van der Waals surface area contributed by atoms with Gasteiger partial charge in [0.2, 0.25) is 0 Å². The third kappa shape index (κ3) is 6.09. The number of piperidine rings is 1. The largest absolute Gasteiger partial charge is 0.491 e. The van der Waals surface area contributed by atoms with Crippen LogP contribution in [0.5, 0.6) is 5.75 Å². The number of carbonyl (C=O) groups excluding carboxylic acids is 1. The molecule has 0 spiro atoms. The normalized spacial score (nSPS) is 16.1. The number of ether oxygens (including phenoxy) is 1. The van der Waals surface area contributed by atoms with E-state index in [1.54, 1.807) is 11.8 Å². The van der Waals surface area contributed by atoms with Crippen LogP contribution in [0.25, 0.3) is 0 Å². The van der Waals surface area contributed by atoms with Gasteiger partial charge >= 0.3 is 0 Å². The second-order valence-electron chi connectivity index (χ2n) is 8.98. The molecule has 3 aromatic rings. The standard InChI is InChI=1S/C29H33NO3S/c1-29(30-18-6-3-7-19-30,22-23-8-4-2-5-9-23)28(32)24-10-14-26(15-11-24)34-27-16-12-25(13-17-27)33-21-20-31/h2,4-5,8-17,31H,3,6-7,18-22H2,1H3. The molecule has 1 unspecified atom stereocenters. The highest BCUT2D eigenvalue weighted by Gasteiger charge is 2.40. The second-order valence-corrected chi connectivity index (χ2v) is 10.1. The van der Waals surface area contributed by atoms with E-state index >= 15 is 0 Å². The van der Waals surface area contributed by atoms with Gasteiger partial charge in [-0.15, -0.1) is 0 Å². The van der Waals surface area contributed by atoms with Crippen LogP contribution < -0.4 is 4.74 Å². The van der Waals surface area contributed by atoms with Gasteiger partial charge in [-0.1, -0.05) is 60.6 Å². The highest BCUT2D eigenvalue weighted by atomic mass is 32.2. The first-order chi connectivity index (χ1) is 16.6. The van der Waals surface area contributed by atoms with Gasteiger partial charge in [-0.2, -0.15) is 0 Å². The molecular formula is C29H33NO3S. The minimum absolute atomic E-state index is 0.00370. The SMILES string of the molecule is CC(Cc1ccccc1)(C(=O)c1ccc(Sc2ccc(OCCO)cc2)cc1)N1CCCCC1. The van der Waals surface area contributed by atoms with Crippen molar-refractivity contribution >= 4 is 17.5 Å². The molecule has 34 heavy (non-hydrogen) atoms. The molecule has 1 atom stereocenters. The molecule has 1 aliphatic heterocycles. The van der Waals surface area contributed by atoms with E-state index in [-0.39, 0.29) is 12.4 Å². The average Bonchev–Trinajstić information content (AvgIpc) is 2.89. The fraction of sp³-hybridized carbons (Fsp3) is 0.345. The van der Waals surface area contributed by atoms with E-state index in [0.29, 0.717) is 13.0 Å². The first-order valence-electron chi connectivity index (χ1n) is 12.0. The topological polar surface area (TPSA) is 49.8 Å². The minimum Gasteiger partial charge on any atom is -0.491 e. The summed E-state index contributed by atoms with van der Waals surface area (Å²) in [6.45, 7) is 4.37. The summed E-state index contributed by atoms with van der Waals surface area (Å²) < 4.78 is 5.43. The third-order valence-corrected chi connectivity index (χ3v) is 7.49. The van der Waals surface area contributed by atoms with Crippen molar-refractivity contribution in [2.45, 2.75) is 47.9 Å². The van der Waals surface area contributed by atoms with E-state index < -0.39 is 5.54 Å². The molecule has 5 heteroatoms. The number of rotatable bonds is 10. The Hall–Kier alpha value is -2.60. The predicted octanol–water partition coefficient (Wildman–Crippen LogP) is 5.88. The van der Waals surface area contributed by atoms with Crippen molar-refractivity contribution in [2.75, 3.05) is 26.3 Å². The van der Waals surface area contributed by atoms with Gasteiger partial charge in [0.25, 0.3) is 0 Å². The molecule has 178 valence electrons. The maximum Gasteiger partial charge on any atom is 0.183 e. The molecule has 4 rings (SSSR count). The van der Waals surface area contributed by atoms with Crippen molar-refractivity contribution < 1.29 is 14.6 Å². The molecule has 0 aliphatic carbocycles. The Morgan fingerprint density at radius 3 is 2.15 bits per heavy atom. The molecule has 3 aromatic carbocycles. The molecule has 1 N–H and O–H groups in total. The average molecular weight is 476 g/mol. The van der Waals surface area contributed by atoms with E-state index in [2.05, 4.69) is 24.0 Å². The molecular weight excluding hydrogens is 442 g/mol. The van der Waals surface area contributed by atoms with Crippen LogP contribution >= 0.6 is 11.8 Å². The van der Waals surface area contributed by atoms with Crippen LogP contribution in [0.1, 0.15) is 42.1 Å². The van der Waals surface area contributed by atoms with E-state index in [4.69, 9.17) is 9.84 Å². The Labute approximate surface area is 207 Å². The van der Waals surface area contributed by atoms with Crippen LogP contribution in [0.4, 0.5) is 0 Å². The van der Waals surface area contributed by atoms with Crippen molar-refractivity contribution in [1.29, 1.82) is 0 Å². The number of aliphatic hydroxyl groups excluding tert-OH is 1. The number of ketones is 1. The quantitative estimate of drug-likeness (QED) is 0.371. The maximum absolute atomic E-state index is 13.9. The maximum atomic E-state index is 13.9. The van der Waals surface area contributed by atoms with Crippen molar-refractivity contribution in [2.24, 2.45) is 0 Å². The highest BCUT2D eigenvalue weighted by Crippen LogP contribution is 2.32. The van der Waals surface area contributed by atoms with Gasteiger partial charge in [-0.3, -0.25) is 9.69 Å². The lowest BCUT2D eigenvalue weighted by Crippen LogP contribution is -2.55. The lowest BCUT2D eigenvalue weighted by molar-refractivity contribution is 0.0519. The van der Waals surface area contributed by atoms with Crippen LogP contribution in [0.15, 0.2) is 88.7 Å². The van der Waals surface area contributed by atoms with Gasteiger partial charge in [0.15, 0.2) is 5.78 Å². The van der Waals surface area contributed by atoms with E-state index in [0.717, 1.165) is 47.0 Å². The number of nitrogens with zero attached hydrogens (tertiary/aromatic N) is 1. The van der Waals surface area contributed by atoms with Gasteiger partial charge in [-0.25, -0.2) is 0 Å². The lowest BCUT2D eigenvalue weighted by atomic mass is 9.82. The highest BCUT2D eigenvalue weighted by molar-refractivity contribution is 7.99. The predicted molar refractivity (Wildman–Crippen MR) is 138 cm³/mol. The fourth-order valence-electron chi connectivity index (χ4n) is 4.61. The zero-order valence-electron chi connectivity index (χ0n) is 19.8. The Bertz CT molecular complexity index is 1050. The zero-order chi connectivity index (χ0) is 23.8. The number of hydrogen-bond acceptors (Lipinski definition) is 5. The van der Waals surface area contributed by atoms with Crippen LogP contribution in [0, 0.1) is 0 Å².